The van der Waals surface area contributed by atoms with Crippen LogP contribution < -0.4 is 5.32 Å². The Labute approximate surface area is 88.7 Å². The Morgan fingerprint density at radius 1 is 1.60 bits per heavy atom. The third-order valence-electron chi connectivity index (χ3n) is 2.24. The molecule has 0 aliphatic heterocycles. The second-order valence-corrected chi connectivity index (χ2v) is 3.64. The average molecular weight is 210 g/mol. The maximum Gasteiger partial charge on any atom is 0.224 e. The number of anilines is 1. The number of aromatic nitrogens is 1. The lowest BCUT2D eigenvalue weighted by atomic mass is 10.1. The molecule has 0 aromatic carbocycles. The van der Waals surface area contributed by atoms with E-state index in [1.165, 1.54) is 18.3 Å². The molecule has 4 heteroatoms. The maximum absolute atomic E-state index is 12.5. The quantitative estimate of drug-likeness (QED) is 0.776. The summed E-state index contributed by atoms with van der Waals surface area (Å²) >= 11 is 0. The van der Waals surface area contributed by atoms with Crippen LogP contribution in [0.2, 0.25) is 0 Å². The summed E-state index contributed by atoms with van der Waals surface area (Å²) in [6, 6.07) is 2.72. The summed E-state index contributed by atoms with van der Waals surface area (Å²) in [4.78, 5) is 14.9. The van der Waals surface area contributed by atoms with Crippen LogP contribution in [0.1, 0.15) is 26.7 Å². The molecule has 0 saturated carbocycles. The largest absolute Gasteiger partial charge is 0.325 e. The molecule has 1 aromatic rings. The van der Waals surface area contributed by atoms with E-state index >= 15 is 0 Å². The van der Waals surface area contributed by atoms with E-state index in [-0.39, 0.29) is 5.91 Å². The zero-order valence-corrected chi connectivity index (χ0v) is 8.96. The van der Waals surface area contributed by atoms with Crippen molar-refractivity contribution in [2.45, 2.75) is 26.7 Å². The fraction of sp³-hybridized carbons (Fsp3) is 0.455. The number of pyridine rings is 1. The van der Waals surface area contributed by atoms with Crippen molar-refractivity contribution in [3.63, 3.8) is 0 Å². The highest BCUT2D eigenvalue weighted by atomic mass is 19.1. The zero-order chi connectivity index (χ0) is 11.3. The lowest BCUT2D eigenvalue weighted by molar-refractivity contribution is -0.117. The van der Waals surface area contributed by atoms with Crippen LogP contribution in [0.3, 0.4) is 0 Å². The summed E-state index contributed by atoms with van der Waals surface area (Å²) in [6.45, 7) is 4.06. The topological polar surface area (TPSA) is 42.0 Å². The van der Waals surface area contributed by atoms with Crippen molar-refractivity contribution in [3.8, 4) is 0 Å². The van der Waals surface area contributed by atoms with Crippen molar-refractivity contribution in [2.75, 3.05) is 5.32 Å². The normalized spacial score (nSPS) is 12.2. The number of rotatable bonds is 4. The number of amides is 1. The molecule has 1 amide bonds. The molecule has 0 aliphatic rings. The van der Waals surface area contributed by atoms with Crippen molar-refractivity contribution >= 4 is 11.6 Å². The van der Waals surface area contributed by atoms with Gasteiger partial charge in [0.25, 0.3) is 0 Å². The number of carbonyl (C=O) groups is 1. The Bertz CT molecular complexity index is 324. The Morgan fingerprint density at radius 3 is 2.87 bits per heavy atom. The minimum atomic E-state index is -0.546. The minimum absolute atomic E-state index is 0.0576. The first kappa shape index (κ1) is 11.6. The summed E-state index contributed by atoms with van der Waals surface area (Å²) in [5, 5.41) is 2.67. The number of hydrogen-bond acceptors (Lipinski definition) is 2. The Hall–Kier alpha value is -1.45. The van der Waals surface area contributed by atoms with Gasteiger partial charge in [-0.05, 0) is 18.1 Å². The van der Waals surface area contributed by atoms with Crippen LogP contribution in [0, 0.1) is 11.9 Å². The van der Waals surface area contributed by atoms with Gasteiger partial charge in [-0.2, -0.15) is 4.39 Å². The second-order valence-electron chi connectivity index (χ2n) is 3.64. The first-order valence-corrected chi connectivity index (χ1v) is 5.03. The molecule has 0 bridgehead atoms. The first-order valence-electron chi connectivity index (χ1n) is 5.03. The van der Waals surface area contributed by atoms with Crippen molar-refractivity contribution < 1.29 is 9.18 Å². The van der Waals surface area contributed by atoms with Crippen LogP contribution in [0.15, 0.2) is 18.3 Å². The van der Waals surface area contributed by atoms with Gasteiger partial charge in [-0.3, -0.25) is 4.79 Å². The standard InChI is InChI=1S/C11H15FN2O/c1-3-8(2)6-11(15)14-9-4-5-10(12)13-7-9/h4-5,7-8H,3,6H2,1-2H3,(H,14,15). The number of nitrogens with one attached hydrogen (secondary N) is 1. The van der Waals surface area contributed by atoms with E-state index in [2.05, 4.69) is 10.3 Å². The lowest BCUT2D eigenvalue weighted by Gasteiger charge is -2.08. The summed E-state index contributed by atoms with van der Waals surface area (Å²) in [5.74, 6) is -0.244. The van der Waals surface area contributed by atoms with Gasteiger partial charge in [0.15, 0.2) is 0 Å². The monoisotopic (exact) mass is 210 g/mol. The highest BCUT2D eigenvalue weighted by Gasteiger charge is 2.07. The Kier molecular flexibility index (Phi) is 4.21. The van der Waals surface area contributed by atoms with Crippen molar-refractivity contribution in [1.82, 2.24) is 4.98 Å². The molecule has 1 unspecified atom stereocenters. The van der Waals surface area contributed by atoms with E-state index < -0.39 is 5.95 Å². The van der Waals surface area contributed by atoms with Gasteiger partial charge in [0, 0.05) is 6.42 Å². The summed E-state index contributed by atoms with van der Waals surface area (Å²) in [7, 11) is 0. The van der Waals surface area contributed by atoms with E-state index in [0.29, 0.717) is 18.0 Å². The number of halogens is 1. The van der Waals surface area contributed by atoms with Crippen molar-refractivity contribution in [2.24, 2.45) is 5.92 Å². The highest BCUT2D eigenvalue weighted by molar-refractivity contribution is 5.90. The molecule has 82 valence electrons. The van der Waals surface area contributed by atoms with Gasteiger partial charge in [-0.1, -0.05) is 20.3 Å². The van der Waals surface area contributed by atoms with Crippen molar-refractivity contribution in [1.29, 1.82) is 0 Å². The van der Waals surface area contributed by atoms with E-state index in [1.807, 2.05) is 13.8 Å². The van der Waals surface area contributed by atoms with Crippen LogP contribution in [0.25, 0.3) is 0 Å². The summed E-state index contributed by atoms with van der Waals surface area (Å²) in [6.07, 6.45) is 2.76. The minimum Gasteiger partial charge on any atom is -0.325 e. The fourth-order valence-corrected chi connectivity index (χ4v) is 1.12. The number of nitrogens with zero attached hydrogens (tertiary/aromatic N) is 1. The lowest BCUT2D eigenvalue weighted by Crippen LogP contribution is -2.14. The van der Waals surface area contributed by atoms with Crippen LogP contribution >= 0.6 is 0 Å². The Balaban J connectivity index is 2.48. The van der Waals surface area contributed by atoms with Gasteiger partial charge in [0.05, 0.1) is 11.9 Å². The van der Waals surface area contributed by atoms with Gasteiger partial charge in [-0.15, -0.1) is 0 Å². The van der Waals surface area contributed by atoms with E-state index in [0.717, 1.165) is 6.42 Å². The van der Waals surface area contributed by atoms with Crippen molar-refractivity contribution in [3.05, 3.63) is 24.3 Å². The van der Waals surface area contributed by atoms with Gasteiger partial charge >= 0.3 is 0 Å². The molecule has 1 heterocycles. The summed E-state index contributed by atoms with van der Waals surface area (Å²) < 4.78 is 12.5. The fourth-order valence-electron chi connectivity index (χ4n) is 1.12. The molecule has 0 radical (unpaired) electrons. The molecule has 15 heavy (non-hydrogen) atoms. The first-order chi connectivity index (χ1) is 7.11. The highest BCUT2D eigenvalue weighted by Crippen LogP contribution is 2.10. The molecular formula is C11H15FN2O. The van der Waals surface area contributed by atoms with E-state index in [9.17, 15) is 9.18 Å². The SMILES string of the molecule is CCC(C)CC(=O)Nc1ccc(F)nc1. The van der Waals surface area contributed by atoms with Gasteiger partial charge in [0.2, 0.25) is 11.9 Å². The predicted molar refractivity (Wildman–Crippen MR) is 56.9 cm³/mol. The van der Waals surface area contributed by atoms with Gasteiger partial charge < -0.3 is 5.32 Å². The molecule has 1 N–H and O–H groups in total. The van der Waals surface area contributed by atoms with Crippen LogP contribution in [-0.4, -0.2) is 10.9 Å². The Morgan fingerprint density at radius 2 is 2.33 bits per heavy atom. The van der Waals surface area contributed by atoms with E-state index in [1.54, 1.807) is 0 Å². The molecule has 1 aromatic heterocycles. The third-order valence-corrected chi connectivity index (χ3v) is 2.24. The number of carbonyl (C=O) groups excluding carboxylic acids is 1. The molecule has 3 nitrogen and oxygen atoms in total. The van der Waals surface area contributed by atoms with Gasteiger partial charge in [0.1, 0.15) is 0 Å². The summed E-state index contributed by atoms with van der Waals surface area (Å²) in [5.41, 5.74) is 0.532. The number of hydrogen-bond donors (Lipinski definition) is 1. The molecule has 0 aliphatic carbocycles. The van der Waals surface area contributed by atoms with Crippen LogP contribution in [-0.2, 0) is 4.79 Å². The molecule has 1 atom stereocenters. The molecule has 0 saturated heterocycles. The smallest absolute Gasteiger partial charge is 0.224 e. The molecule has 0 fully saturated rings. The third kappa shape index (κ3) is 4.06. The van der Waals surface area contributed by atoms with E-state index in [4.69, 9.17) is 0 Å². The van der Waals surface area contributed by atoms with Gasteiger partial charge in [-0.25, -0.2) is 4.98 Å². The second kappa shape index (κ2) is 5.44. The predicted octanol–water partition coefficient (Wildman–Crippen LogP) is 2.60. The van der Waals surface area contributed by atoms with Crippen LogP contribution in [0.4, 0.5) is 10.1 Å². The van der Waals surface area contributed by atoms with Crippen LogP contribution in [0.5, 0.6) is 0 Å². The maximum atomic E-state index is 12.5. The molecule has 0 spiro atoms. The average Bonchev–Trinajstić information content (AvgIpc) is 2.21. The molecule has 1 rings (SSSR count). The molecular weight excluding hydrogens is 195 g/mol. The zero-order valence-electron chi connectivity index (χ0n) is 8.96.